The Bertz CT molecular complexity index is 525. The highest BCUT2D eigenvalue weighted by Crippen LogP contribution is 2.21. The molecule has 0 saturated carbocycles. The van der Waals surface area contributed by atoms with Gasteiger partial charge in [-0.25, -0.2) is 4.68 Å². The number of benzene rings is 1. The van der Waals surface area contributed by atoms with E-state index in [4.69, 9.17) is 5.73 Å². The second kappa shape index (κ2) is 6.29. The molecule has 3 nitrogen and oxygen atoms in total. The van der Waals surface area contributed by atoms with Crippen molar-refractivity contribution in [2.24, 2.45) is 0 Å². The van der Waals surface area contributed by atoms with Gasteiger partial charge in [-0.1, -0.05) is 35.0 Å². The van der Waals surface area contributed by atoms with Gasteiger partial charge in [0.15, 0.2) is 0 Å². The van der Waals surface area contributed by atoms with Crippen molar-refractivity contribution in [1.82, 2.24) is 9.78 Å². The lowest BCUT2D eigenvalue weighted by atomic mass is 10.2. The summed E-state index contributed by atoms with van der Waals surface area (Å²) in [5.74, 6) is 1.79. The molecule has 2 aromatic rings. The van der Waals surface area contributed by atoms with E-state index in [0.717, 1.165) is 21.7 Å². The lowest BCUT2D eigenvalue weighted by molar-refractivity contribution is 0.675. The van der Waals surface area contributed by atoms with Crippen LogP contribution in [0.3, 0.4) is 0 Å². The molecule has 0 aliphatic heterocycles. The maximum atomic E-state index is 5.97. The van der Waals surface area contributed by atoms with Crippen LogP contribution >= 0.6 is 27.7 Å². The van der Waals surface area contributed by atoms with Gasteiger partial charge in [-0.15, -0.1) is 11.8 Å². The van der Waals surface area contributed by atoms with Crippen LogP contribution in [0, 0.1) is 0 Å². The Labute approximate surface area is 120 Å². The van der Waals surface area contributed by atoms with Crippen molar-refractivity contribution in [3.05, 3.63) is 40.4 Å². The van der Waals surface area contributed by atoms with E-state index in [1.54, 1.807) is 11.8 Å². The lowest BCUT2D eigenvalue weighted by Crippen LogP contribution is -2.05. The van der Waals surface area contributed by atoms with Crippen LogP contribution in [-0.4, -0.2) is 15.5 Å². The molecule has 2 rings (SSSR count). The van der Waals surface area contributed by atoms with Crippen LogP contribution in [-0.2, 0) is 6.54 Å². The third kappa shape index (κ3) is 3.53. The molecular formula is C13H16BrN3S. The molecular weight excluding hydrogens is 310 g/mol. The zero-order valence-corrected chi connectivity index (χ0v) is 12.7. The molecule has 0 fully saturated rings. The summed E-state index contributed by atoms with van der Waals surface area (Å²) in [4.78, 5) is 0. The van der Waals surface area contributed by atoms with Crippen molar-refractivity contribution in [2.75, 3.05) is 11.5 Å². The molecule has 1 aromatic heterocycles. The smallest absolute Gasteiger partial charge is 0.123 e. The normalized spacial score (nSPS) is 10.8. The first kappa shape index (κ1) is 13.5. The van der Waals surface area contributed by atoms with Crippen LogP contribution in [0.25, 0.3) is 0 Å². The predicted molar refractivity (Wildman–Crippen MR) is 80.9 cm³/mol. The molecule has 0 radical (unpaired) electrons. The molecule has 0 aliphatic rings. The maximum Gasteiger partial charge on any atom is 0.123 e. The molecule has 0 bridgehead atoms. The van der Waals surface area contributed by atoms with Gasteiger partial charge in [-0.05, 0) is 29.9 Å². The molecule has 5 heteroatoms. The van der Waals surface area contributed by atoms with Crippen molar-refractivity contribution >= 4 is 33.5 Å². The summed E-state index contributed by atoms with van der Waals surface area (Å²) in [6.07, 6.45) is 1.14. The largest absolute Gasteiger partial charge is 0.384 e. The van der Waals surface area contributed by atoms with Gasteiger partial charge < -0.3 is 5.73 Å². The number of nitrogens with zero attached hydrogens (tertiary/aromatic N) is 2. The SMILES string of the molecule is CCCSc1cc(N)n(Cc2cccc(Br)c2)n1. The summed E-state index contributed by atoms with van der Waals surface area (Å²) in [5.41, 5.74) is 7.16. The van der Waals surface area contributed by atoms with E-state index < -0.39 is 0 Å². The second-order valence-electron chi connectivity index (χ2n) is 4.04. The Morgan fingerprint density at radius 2 is 2.22 bits per heavy atom. The van der Waals surface area contributed by atoms with Crippen molar-refractivity contribution < 1.29 is 0 Å². The average Bonchev–Trinajstić information content (AvgIpc) is 2.68. The molecule has 2 N–H and O–H groups in total. The Morgan fingerprint density at radius 1 is 1.39 bits per heavy atom. The minimum absolute atomic E-state index is 0.706. The standard InChI is InChI=1S/C13H16BrN3S/c1-2-6-18-13-8-12(15)17(16-13)9-10-4-3-5-11(14)7-10/h3-5,7-8H,2,6,9,15H2,1H3. The van der Waals surface area contributed by atoms with Gasteiger partial charge in [0.2, 0.25) is 0 Å². The summed E-state index contributed by atoms with van der Waals surface area (Å²) in [6.45, 7) is 2.87. The quantitative estimate of drug-likeness (QED) is 0.851. The molecule has 1 aromatic carbocycles. The molecule has 0 amide bonds. The Morgan fingerprint density at radius 3 is 2.94 bits per heavy atom. The number of rotatable bonds is 5. The first-order valence-electron chi connectivity index (χ1n) is 5.89. The number of aromatic nitrogens is 2. The van der Waals surface area contributed by atoms with Crippen LogP contribution in [0.15, 0.2) is 39.8 Å². The topological polar surface area (TPSA) is 43.8 Å². The van der Waals surface area contributed by atoms with E-state index in [0.29, 0.717) is 12.4 Å². The van der Waals surface area contributed by atoms with Gasteiger partial charge >= 0.3 is 0 Å². The maximum absolute atomic E-state index is 5.97. The molecule has 0 aliphatic carbocycles. The van der Waals surface area contributed by atoms with E-state index >= 15 is 0 Å². The van der Waals surface area contributed by atoms with Crippen LogP contribution in [0.2, 0.25) is 0 Å². The summed E-state index contributed by atoms with van der Waals surface area (Å²) >= 11 is 5.22. The van der Waals surface area contributed by atoms with Gasteiger partial charge in [0.1, 0.15) is 10.8 Å². The number of hydrogen-bond donors (Lipinski definition) is 1. The van der Waals surface area contributed by atoms with Gasteiger partial charge in [-0.3, -0.25) is 0 Å². The molecule has 0 spiro atoms. The third-order valence-corrected chi connectivity index (χ3v) is 4.07. The van der Waals surface area contributed by atoms with E-state index in [1.165, 1.54) is 5.56 Å². The predicted octanol–water partition coefficient (Wildman–Crippen LogP) is 3.78. The van der Waals surface area contributed by atoms with Crippen LogP contribution in [0.4, 0.5) is 5.82 Å². The molecule has 96 valence electrons. The zero-order chi connectivity index (χ0) is 13.0. The van der Waals surface area contributed by atoms with Crippen molar-refractivity contribution in [3.63, 3.8) is 0 Å². The second-order valence-corrected chi connectivity index (χ2v) is 6.07. The summed E-state index contributed by atoms with van der Waals surface area (Å²) in [7, 11) is 0. The Balaban J connectivity index is 2.11. The van der Waals surface area contributed by atoms with Gasteiger partial charge in [0.05, 0.1) is 6.54 Å². The summed E-state index contributed by atoms with van der Waals surface area (Å²) < 4.78 is 2.92. The van der Waals surface area contributed by atoms with Crippen molar-refractivity contribution in [2.45, 2.75) is 24.9 Å². The van der Waals surface area contributed by atoms with E-state index in [1.807, 2.05) is 22.9 Å². The molecule has 0 atom stereocenters. The number of nitrogen functional groups attached to an aromatic ring is 1. The van der Waals surface area contributed by atoms with Crippen molar-refractivity contribution in [3.8, 4) is 0 Å². The van der Waals surface area contributed by atoms with Crippen LogP contribution < -0.4 is 5.73 Å². The highest BCUT2D eigenvalue weighted by Gasteiger charge is 2.06. The minimum atomic E-state index is 0.706. The van der Waals surface area contributed by atoms with E-state index in [9.17, 15) is 0 Å². The molecule has 0 saturated heterocycles. The minimum Gasteiger partial charge on any atom is -0.384 e. The number of nitrogens with two attached hydrogens (primary N) is 1. The fraction of sp³-hybridized carbons (Fsp3) is 0.308. The fourth-order valence-electron chi connectivity index (χ4n) is 1.62. The number of hydrogen-bond acceptors (Lipinski definition) is 3. The molecule has 1 heterocycles. The zero-order valence-electron chi connectivity index (χ0n) is 10.3. The number of halogens is 1. The van der Waals surface area contributed by atoms with Gasteiger partial charge in [0.25, 0.3) is 0 Å². The van der Waals surface area contributed by atoms with Gasteiger partial charge in [0, 0.05) is 10.5 Å². The number of thioether (sulfide) groups is 1. The Kier molecular flexibility index (Phi) is 4.72. The lowest BCUT2D eigenvalue weighted by Gasteiger charge is -2.04. The highest BCUT2D eigenvalue weighted by molar-refractivity contribution is 9.10. The van der Waals surface area contributed by atoms with Crippen LogP contribution in [0.1, 0.15) is 18.9 Å². The van der Waals surface area contributed by atoms with Crippen molar-refractivity contribution in [1.29, 1.82) is 0 Å². The summed E-state index contributed by atoms with van der Waals surface area (Å²) in [5, 5.41) is 5.52. The van der Waals surface area contributed by atoms with Gasteiger partial charge in [-0.2, -0.15) is 5.10 Å². The molecule has 0 unspecified atom stereocenters. The fourth-order valence-corrected chi connectivity index (χ4v) is 2.84. The Hall–Kier alpha value is -0.940. The number of anilines is 1. The molecule has 18 heavy (non-hydrogen) atoms. The summed E-state index contributed by atoms with van der Waals surface area (Å²) in [6, 6.07) is 10.1. The monoisotopic (exact) mass is 325 g/mol. The van der Waals surface area contributed by atoms with E-state index in [-0.39, 0.29) is 0 Å². The average molecular weight is 326 g/mol. The highest BCUT2D eigenvalue weighted by atomic mass is 79.9. The van der Waals surface area contributed by atoms with E-state index in [2.05, 4.69) is 40.1 Å². The third-order valence-electron chi connectivity index (χ3n) is 2.46. The first-order valence-corrected chi connectivity index (χ1v) is 7.67. The first-order chi connectivity index (χ1) is 8.69. The van der Waals surface area contributed by atoms with Crippen LogP contribution in [0.5, 0.6) is 0 Å².